The first-order chi connectivity index (χ1) is 11.5. The van der Waals surface area contributed by atoms with E-state index in [1.807, 2.05) is 0 Å². The van der Waals surface area contributed by atoms with Gasteiger partial charge >= 0.3 is 5.97 Å². The van der Waals surface area contributed by atoms with Crippen LogP contribution in [0.2, 0.25) is 5.02 Å². The first-order valence-electron chi connectivity index (χ1n) is 7.35. The Morgan fingerprint density at radius 1 is 1.08 bits per heavy atom. The molecular formula is C18H17ClFNO3. The largest absolute Gasteiger partial charge is 0.469 e. The number of carbonyl (C=O) groups excluding carboxylic acids is 2. The second kappa shape index (κ2) is 8.45. The molecule has 0 spiro atoms. The van der Waals surface area contributed by atoms with Crippen molar-refractivity contribution in [3.8, 4) is 0 Å². The molecule has 0 fully saturated rings. The van der Waals surface area contributed by atoms with Gasteiger partial charge < -0.3 is 9.64 Å². The van der Waals surface area contributed by atoms with E-state index < -0.39 is 5.97 Å². The van der Waals surface area contributed by atoms with Crippen LogP contribution in [-0.2, 0) is 16.1 Å². The third-order valence-corrected chi connectivity index (χ3v) is 3.73. The number of methoxy groups -OCH3 is 1. The van der Waals surface area contributed by atoms with Crippen LogP contribution < -0.4 is 0 Å². The molecule has 0 saturated heterocycles. The van der Waals surface area contributed by atoms with Gasteiger partial charge in [-0.3, -0.25) is 9.59 Å². The highest BCUT2D eigenvalue weighted by Crippen LogP contribution is 2.14. The standard InChI is InChI=1S/C18H17ClFNO3/c1-24-17(22)10-11-21(12-13-2-8-16(20)9-3-13)18(23)14-4-6-15(19)7-5-14/h2-9H,10-12H2,1H3. The van der Waals surface area contributed by atoms with Gasteiger partial charge in [-0.25, -0.2) is 4.39 Å². The van der Waals surface area contributed by atoms with Crippen molar-refractivity contribution in [1.82, 2.24) is 4.90 Å². The van der Waals surface area contributed by atoms with E-state index in [0.29, 0.717) is 10.6 Å². The van der Waals surface area contributed by atoms with Crippen molar-refractivity contribution in [1.29, 1.82) is 0 Å². The smallest absolute Gasteiger partial charge is 0.307 e. The third kappa shape index (κ3) is 5.06. The maximum atomic E-state index is 13.0. The van der Waals surface area contributed by atoms with Crippen molar-refractivity contribution < 1.29 is 18.7 Å². The quantitative estimate of drug-likeness (QED) is 0.747. The summed E-state index contributed by atoms with van der Waals surface area (Å²) >= 11 is 5.84. The summed E-state index contributed by atoms with van der Waals surface area (Å²) < 4.78 is 17.7. The molecule has 0 aliphatic carbocycles. The van der Waals surface area contributed by atoms with E-state index in [2.05, 4.69) is 4.74 Å². The van der Waals surface area contributed by atoms with Crippen molar-refractivity contribution in [2.75, 3.05) is 13.7 Å². The Balaban J connectivity index is 2.17. The number of amides is 1. The zero-order chi connectivity index (χ0) is 17.5. The van der Waals surface area contributed by atoms with Gasteiger partial charge in [0, 0.05) is 23.7 Å². The Labute approximate surface area is 144 Å². The molecule has 0 heterocycles. The van der Waals surface area contributed by atoms with Crippen LogP contribution in [0.3, 0.4) is 0 Å². The molecule has 24 heavy (non-hydrogen) atoms. The molecular weight excluding hydrogens is 333 g/mol. The molecule has 2 rings (SSSR count). The van der Waals surface area contributed by atoms with E-state index in [1.165, 1.54) is 24.1 Å². The molecule has 0 N–H and O–H groups in total. The van der Waals surface area contributed by atoms with Crippen LogP contribution in [0, 0.1) is 5.82 Å². The number of esters is 1. The normalized spacial score (nSPS) is 10.3. The fourth-order valence-corrected chi connectivity index (χ4v) is 2.29. The predicted molar refractivity (Wildman–Crippen MR) is 89.2 cm³/mol. The minimum atomic E-state index is -0.400. The summed E-state index contributed by atoms with van der Waals surface area (Å²) in [6.45, 7) is 0.463. The second-order valence-corrected chi connectivity index (χ2v) is 5.62. The molecule has 0 radical (unpaired) electrons. The number of ether oxygens (including phenoxy) is 1. The van der Waals surface area contributed by atoms with E-state index in [9.17, 15) is 14.0 Å². The number of carbonyl (C=O) groups is 2. The Kier molecular flexibility index (Phi) is 6.32. The monoisotopic (exact) mass is 349 g/mol. The lowest BCUT2D eigenvalue weighted by Gasteiger charge is -2.22. The Hall–Kier alpha value is -2.40. The van der Waals surface area contributed by atoms with Crippen LogP contribution >= 0.6 is 11.6 Å². The van der Waals surface area contributed by atoms with E-state index in [1.54, 1.807) is 36.4 Å². The van der Waals surface area contributed by atoms with Gasteiger partial charge in [0.05, 0.1) is 13.5 Å². The number of halogens is 2. The Morgan fingerprint density at radius 2 is 1.71 bits per heavy atom. The number of hydrogen-bond acceptors (Lipinski definition) is 3. The molecule has 0 aromatic heterocycles. The zero-order valence-electron chi connectivity index (χ0n) is 13.2. The summed E-state index contributed by atoms with van der Waals surface area (Å²) in [7, 11) is 1.30. The minimum Gasteiger partial charge on any atom is -0.469 e. The van der Waals surface area contributed by atoms with Gasteiger partial charge in [-0.2, -0.15) is 0 Å². The van der Waals surface area contributed by atoms with Crippen molar-refractivity contribution in [2.45, 2.75) is 13.0 Å². The highest BCUT2D eigenvalue weighted by atomic mass is 35.5. The van der Waals surface area contributed by atoms with Crippen molar-refractivity contribution in [3.63, 3.8) is 0 Å². The predicted octanol–water partition coefficient (Wildman–Crippen LogP) is 3.68. The van der Waals surface area contributed by atoms with Gasteiger partial charge in [0.2, 0.25) is 0 Å². The SMILES string of the molecule is COC(=O)CCN(Cc1ccc(F)cc1)C(=O)c1ccc(Cl)cc1. The second-order valence-electron chi connectivity index (χ2n) is 5.19. The van der Waals surface area contributed by atoms with Crippen molar-refractivity contribution in [2.24, 2.45) is 0 Å². The van der Waals surface area contributed by atoms with Crippen molar-refractivity contribution in [3.05, 3.63) is 70.5 Å². The fraction of sp³-hybridized carbons (Fsp3) is 0.222. The van der Waals surface area contributed by atoms with Gasteiger partial charge in [0.1, 0.15) is 5.82 Å². The van der Waals surface area contributed by atoms with Gasteiger partial charge in [-0.15, -0.1) is 0 Å². The van der Waals surface area contributed by atoms with Crippen LogP contribution in [0.25, 0.3) is 0 Å². The number of nitrogens with zero attached hydrogens (tertiary/aromatic N) is 1. The minimum absolute atomic E-state index is 0.0804. The van der Waals surface area contributed by atoms with Crippen LogP contribution in [0.5, 0.6) is 0 Å². The van der Waals surface area contributed by atoms with Gasteiger partial charge in [0.25, 0.3) is 5.91 Å². The summed E-state index contributed by atoms with van der Waals surface area (Å²) in [5.74, 6) is -0.980. The highest BCUT2D eigenvalue weighted by molar-refractivity contribution is 6.30. The van der Waals surface area contributed by atoms with E-state index in [0.717, 1.165) is 5.56 Å². The van der Waals surface area contributed by atoms with Gasteiger partial charge in [0.15, 0.2) is 0 Å². The molecule has 0 bridgehead atoms. The first kappa shape index (κ1) is 17.9. The maximum Gasteiger partial charge on any atom is 0.307 e. The maximum absolute atomic E-state index is 13.0. The third-order valence-electron chi connectivity index (χ3n) is 3.48. The van der Waals surface area contributed by atoms with E-state index >= 15 is 0 Å². The van der Waals surface area contributed by atoms with Crippen molar-refractivity contribution >= 4 is 23.5 Å². The average molecular weight is 350 g/mol. The molecule has 2 aromatic rings. The molecule has 0 atom stereocenters. The topological polar surface area (TPSA) is 46.6 Å². The fourth-order valence-electron chi connectivity index (χ4n) is 2.17. The lowest BCUT2D eigenvalue weighted by atomic mass is 10.1. The molecule has 0 saturated carbocycles. The summed E-state index contributed by atoms with van der Waals surface area (Å²) in [6, 6.07) is 12.4. The molecule has 126 valence electrons. The lowest BCUT2D eigenvalue weighted by Crippen LogP contribution is -2.32. The van der Waals surface area contributed by atoms with E-state index in [-0.39, 0.29) is 31.2 Å². The molecule has 4 nitrogen and oxygen atoms in total. The molecule has 2 aromatic carbocycles. The van der Waals surface area contributed by atoms with Gasteiger partial charge in [-0.1, -0.05) is 23.7 Å². The Morgan fingerprint density at radius 3 is 2.29 bits per heavy atom. The van der Waals surface area contributed by atoms with Crippen LogP contribution in [0.1, 0.15) is 22.3 Å². The molecule has 1 amide bonds. The van der Waals surface area contributed by atoms with Crippen LogP contribution in [0.15, 0.2) is 48.5 Å². The number of hydrogen-bond donors (Lipinski definition) is 0. The summed E-state index contributed by atoms with van der Waals surface area (Å²) in [4.78, 5) is 25.6. The molecule has 6 heteroatoms. The summed E-state index contributed by atoms with van der Waals surface area (Å²) in [6.07, 6.45) is 0.0804. The van der Waals surface area contributed by atoms with Crippen LogP contribution in [0.4, 0.5) is 4.39 Å². The van der Waals surface area contributed by atoms with Gasteiger partial charge in [-0.05, 0) is 42.0 Å². The lowest BCUT2D eigenvalue weighted by molar-refractivity contribution is -0.140. The molecule has 0 aliphatic rings. The first-order valence-corrected chi connectivity index (χ1v) is 7.73. The summed E-state index contributed by atoms with van der Waals surface area (Å²) in [5, 5.41) is 0.534. The number of benzene rings is 2. The number of rotatable bonds is 6. The molecule has 0 aliphatic heterocycles. The van der Waals surface area contributed by atoms with Crippen LogP contribution in [-0.4, -0.2) is 30.4 Å². The highest BCUT2D eigenvalue weighted by Gasteiger charge is 2.17. The Bertz CT molecular complexity index is 701. The summed E-state index contributed by atoms with van der Waals surface area (Å²) in [5.41, 5.74) is 1.23. The zero-order valence-corrected chi connectivity index (χ0v) is 13.9. The van der Waals surface area contributed by atoms with E-state index in [4.69, 9.17) is 11.6 Å². The molecule has 0 unspecified atom stereocenters. The average Bonchev–Trinajstić information content (AvgIpc) is 2.60.